The van der Waals surface area contributed by atoms with Gasteiger partial charge in [-0.2, -0.15) is 0 Å². The normalized spacial score (nSPS) is 11.2. The summed E-state index contributed by atoms with van der Waals surface area (Å²) in [7, 11) is 0. The van der Waals surface area contributed by atoms with Gasteiger partial charge in [-0.15, -0.1) is 0 Å². The first-order valence-corrected chi connectivity index (χ1v) is 6.96. The molecular weight excluding hydrogens is 256 g/mol. The molecule has 0 radical (unpaired) electrons. The fraction of sp³-hybridized carbons (Fsp3) is 0.467. The molecule has 1 amide bonds. The number of aryl methyl sites for hydroxylation is 2. The lowest BCUT2D eigenvalue weighted by atomic mass is 9.92. The highest BCUT2D eigenvalue weighted by atomic mass is 32.1. The minimum Gasteiger partial charge on any atom is -0.391 e. The average Bonchev–Trinajstić information content (AvgIpc) is 2.34. The highest BCUT2D eigenvalue weighted by Gasteiger charge is 2.31. The number of nitrogens with two attached hydrogens (primary N) is 1. The number of hydrogen-bond donors (Lipinski definition) is 2. The molecule has 0 spiro atoms. The molecule has 0 aliphatic rings. The predicted molar refractivity (Wildman–Crippen MR) is 83.5 cm³/mol. The van der Waals surface area contributed by atoms with E-state index in [9.17, 15) is 4.79 Å². The number of hydrogen-bond acceptors (Lipinski definition) is 2. The molecule has 1 aromatic rings. The maximum Gasteiger partial charge on any atom is 0.252 e. The van der Waals surface area contributed by atoms with Crippen molar-refractivity contribution in [1.82, 2.24) is 5.32 Å². The highest BCUT2D eigenvalue weighted by molar-refractivity contribution is 7.80. The molecule has 0 fully saturated rings. The fourth-order valence-corrected chi connectivity index (χ4v) is 2.57. The van der Waals surface area contributed by atoms with Crippen LogP contribution in [0.1, 0.15) is 48.2 Å². The van der Waals surface area contributed by atoms with Crippen LogP contribution in [0.25, 0.3) is 0 Å². The Hall–Kier alpha value is -1.42. The summed E-state index contributed by atoms with van der Waals surface area (Å²) in [6.45, 7) is 7.91. The van der Waals surface area contributed by atoms with Crippen molar-refractivity contribution in [3.8, 4) is 0 Å². The van der Waals surface area contributed by atoms with E-state index in [1.165, 1.54) is 0 Å². The number of benzene rings is 1. The molecule has 4 heteroatoms. The first kappa shape index (κ1) is 15.6. The number of carbonyl (C=O) groups is 1. The van der Waals surface area contributed by atoms with Crippen LogP contribution in [0.2, 0.25) is 0 Å². The molecule has 3 N–H and O–H groups in total. The van der Waals surface area contributed by atoms with Crippen LogP contribution in [0.15, 0.2) is 18.2 Å². The molecule has 3 nitrogen and oxygen atoms in total. The van der Waals surface area contributed by atoms with Gasteiger partial charge in [0.2, 0.25) is 0 Å². The Labute approximate surface area is 120 Å². The summed E-state index contributed by atoms with van der Waals surface area (Å²) < 4.78 is 0. The van der Waals surface area contributed by atoms with Crippen molar-refractivity contribution < 1.29 is 4.79 Å². The van der Waals surface area contributed by atoms with Gasteiger partial charge in [-0.05, 0) is 38.8 Å². The largest absolute Gasteiger partial charge is 0.391 e. The number of amides is 1. The topological polar surface area (TPSA) is 55.1 Å². The summed E-state index contributed by atoms with van der Waals surface area (Å²) >= 11 is 5.11. The third kappa shape index (κ3) is 3.53. The van der Waals surface area contributed by atoms with Crippen LogP contribution >= 0.6 is 12.2 Å². The Balaban J connectivity index is 3.03. The van der Waals surface area contributed by atoms with Gasteiger partial charge in [0.05, 0.1) is 10.5 Å². The van der Waals surface area contributed by atoms with Crippen LogP contribution < -0.4 is 11.1 Å². The van der Waals surface area contributed by atoms with Gasteiger partial charge in [-0.3, -0.25) is 4.79 Å². The molecule has 0 aliphatic heterocycles. The summed E-state index contributed by atoms with van der Waals surface area (Å²) in [6.07, 6.45) is 1.38. The third-order valence-corrected chi connectivity index (χ3v) is 3.91. The number of carbonyl (C=O) groups excluding carboxylic acids is 1. The Kier molecular flexibility index (Phi) is 5.06. The van der Waals surface area contributed by atoms with Crippen LogP contribution in [0, 0.1) is 13.8 Å². The molecule has 0 heterocycles. The lowest BCUT2D eigenvalue weighted by Crippen LogP contribution is -2.56. The second kappa shape index (κ2) is 6.15. The summed E-state index contributed by atoms with van der Waals surface area (Å²) in [4.78, 5) is 12.7. The van der Waals surface area contributed by atoms with Gasteiger partial charge in [0.15, 0.2) is 0 Å². The van der Waals surface area contributed by atoms with E-state index in [1.54, 1.807) is 0 Å². The van der Waals surface area contributed by atoms with Crippen molar-refractivity contribution in [1.29, 1.82) is 0 Å². The van der Waals surface area contributed by atoms with Gasteiger partial charge in [0.25, 0.3) is 5.91 Å². The van der Waals surface area contributed by atoms with Crippen molar-refractivity contribution in [2.24, 2.45) is 5.73 Å². The first-order chi connectivity index (χ1) is 8.84. The van der Waals surface area contributed by atoms with E-state index < -0.39 is 5.54 Å². The van der Waals surface area contributed by atoms with Gasteiger partial charge in [-0.1, -0.05) is 43.3 Å². The molecule has 104 valence electrons. The van der Waals surface area contributed by atoms with E-state index >= 15 is 0 Å². The Morgan fingerprint density at radius 3 is 2.05 bits per heavy atom. The highest BCUT2D eigenvalue weighted by Crippen LogP contribution is 2.17. The zero-order valence-corrected chi connectivity index (χ0v) is 12.9. The van der Waals surface area contributed by atoms with Crippen LogP contribution in [-0.2, 0) is 0 Å². The molecule has 0 atom stereocenters. The first-order valence-electron chi connectivity index (χ1n) is 6.55. The number of thiocarbonyl (C=S) groups is 1. The van der Waals surface area contributed by atoms with E-state index in [-0.39, 0.29) is 5.91 Å². The van der Waals surface area contributed by atoms with Crippen molar-refractivity contribution >= 4 is 23.1 Å². The number of nitrogens with one attached hydrogen (secondary N) is 1. The van der Waals surface area contributed by atoms with Crippen LogP contribution in [0.4, 0.5) is 0 Å². The smallest absolute Gasteiger partial charge is 0.252 e. The molecule has 1 aromatic carbocycles. The van der Waals surface area contributed by atoms with E-state index in [1.807, 2.05) is 45.9 Å². The SMILES string of the molecule is CCC(CC)(NC(=O)c1cc(C)cc(C)c1)C(N)=S. The number of rotatable bonds is 5. The predicted octanol–water partition coefficient (Wildman–Crippen LogP) is 2.88. The summed E-state index contributed by atoms with van der Waals surface area (Å²) in [5.74, 6) is -0.122. The van der Waals surface area contributed by atoms with Crippen molar-refractivity contribution in [2.75, 3.05) is 0 Å². The minimum absolute atomic E-state index is 0.122. The van der Waals surface area contributed by atoms with Crippen molar-refractivity contribution in [2.45, 2.75) is 46.1 Å². The van der Waals surface area contributed by atoms with Gasteiger partial charge >= 0.3 is 0 Å². The third-order valence-electron chi connectivity index (χ3n) is 3.52. The maximum atomic E-state index is 12.4. The molecule has 1 rings (SSSR count). The molecule has 0 saturated heterocycles. The van der Waals surface area contributed by atoms with Crippen LogP contribution in [0.5, 0.6) is 0 Å². The van der Waals surface area contributed by atoms with E-state index in [0.29, 0.717) is 23.4 Å². The monoisotopic (exact) mass is 278 g/mol. The van der Waals surface area contributed by atoms with Gasteiger partial charge < -0.3 is 11.1 Å². The Morgan fingerprint density at radius 1 is 1.21 bits per heavy atom. The average molecular weight is 278 g/mol. The second-order valence-electron chi connectivity index (χ2n) is 4.98. The van der Waals surface area contributed by atoms with Crippen LogP contribution in [0.3, 0.4) is 0 Å². The summed E-state index contributed by atoms with van der Waals surface area (Å²) in [6, 6.07) is 5.78. The summed E-state index contributed by atoms with van der Waals surface area (Å²) in [5, 5.41) is 2.99. The Morgan fingerprint density at radius 2 is 1.68 bits per heavy atom. The maximum absolute atomic E-state index is 12.4. The van der Waals surface area contributed by atoms with E-state index in [4.69, 9.17) is 18.0 Å². The van der Waals surface area contributed by atoms with E-state index in [0.717, 1.165) is 11.1 Å². The minimum atomic E-state index is -0.593. The van der Waals surface area contributed by atoms with Crippen molar-refractivity contribution in [3.63, 3.8) is 0 Å². The zero-order valence-electron chi connectivity index (χ0n) is 12.0. The zero-order chi connectivity index (χ0) is 14.6. The quantitative estimate of drug-likeness (QED) is 0.814. The van der Waals surface area contributed by atoms with Gasteiger partial charge in [0.1, 0.15) is 0 Å². The van der Waals surface area contributed by atoms with Gasteiger partial charge in [-0.25, -0.2) is 0 Å². The van der Waals surface area contributed by atoms with Gasteiger partial charge in [0, 0.05) is 5.56 Å². The second-order valence-corrected chi connectivity index (χ2v) is 5.42. The van der Waals surface area contributed by atoms with E-state index in [2.05, 4.69) is 5.32 Å². The fourth-order valence-electron chi connectivity index (χ4n) is 2.23. The standard InChI is InChI=1S/C15H22N2OS/c1-5-15(6-2,14(16)19)17-13(18)12-8-10(3)7-11(4)9-12/h7-9H,5-6H2,1-4H3,(H2,16,19)(H,17,18). The lowest BCUT2D eigenvalue weighted by molar-refractivity contribution is 0.0919. The Bertz CT molecular complexity index is 473. The molecule has 0 aromatic heterocycles. The molecule has 0 saturated carbocycles. The molecular formula is C15H22N2OS. The molecule has 19 heavy (non-hydrogen) atoms. The molecule has 0 bridgehead atoms. The van der Waals surface area contributed by atoms with Crippen molar-refractivity contribution in [3.05, 3.63) is 34.9 Å². The van der Waals surface area contributed by atoms with Crippen LogP contribution in [-0.4, -0.2) is 16.4 Å². The molecule has 0 unspecified atom stereocenters. The lowest BCUT2D eigenvalue weighted by Gasteiger charge is -2.31. The molecule has 0 aliphatic carbocycles. The summed E-state index contributed by atoms with van der Waals surface area (Å²) in [5.41, 5.74) is 7.99.